The number of aliphatic hydroxyl groups is 1. The molecule has 0 unspecified atom stereocenters. The number of benzene rings is 1. The number of anilines is 2. The molecule has 2 N–H and O–H groups in total. The summed E-state index contributed by atoms with van der Waals surface area (Å²) in [5.41, 5.74) is 1.58. The van der Waals surface area contributed by atoms with Crippen LogP contribution in [0.15, 0.2) is 48.9 Å². The number of pyridine rings is 1. The van der Waals surface area contributed by atoms with E-state index >= 15 is 0 Å². The van der Waals surface area contributed by atoms with Crippen LogP contribution in [0.5, 0.6) is 0 Å². The first-order valence-electron chi connectivity index (χ1n) is 13.8. The second-order valence-electron chi connectivity index (χ2n) is 11.1. The Bertz CT molecular complexity index is 1450. The minimum absolute atomic E-state index is 0.0131. The van der Waals surface area contributed by atoms with Crippen LogP contribution in [0.1, 0.15) is 53.7 Å². The second kappa shape index (κ2) is 11.0. The number of fused-ring (bicyclic) bond motifs is 2. The van der Waals surface area contributed by atoms with Crippen LogP contribution in [0, 0.1) is 5.92 Å². The number of hydrogen-bond acceptors (Lipinski definition) is 6. The van der Waals surface area contributed by atoms with E-state index in [2.05, 4.69) is 20.3 Å². The molecule has 2 aliphatic heterocycles. The summed E-state index contributed by atoms with van der Waals surface area (Å²) in [6, 6.07) is 9.06. The van der Waals surface area contributed by atoms with Gasteiger partial charge in [0.05, 0.1) is 35.6 Å². The molecule has 1 saturated heterocycles. The molecule has 0 atom stereocenters. The zero-order chi connectivity index (χ0) is 28.7. The van der Waals surface area contributed by atoms with Crippen molar-refractivity contribution >= 4 is 34.8 Å². The lowest BCUT2D eigenvalue weighted by atomic mass is 9.74. The molecule has 4 heterocycles. The summed E-state index contributed by atoms with van der Waals surface area (Å²) >= 11 is 5.91. The molecule has 6 rings (SSSR count). The zero-order valence-corrected chi connectivity index (χ0v) is 23.1. The van der Waals surface area contributed by atoms with Gasteiger partial charge in [0, 0.05) is 43.8 Å². The van der Waals surface area contributed by atoms with E-state index in [1.54, 1.807) is 10.9 Å². The number of nitrogens with one attached hydrogen (secondary N) is 1. The highest BCUT2D eigenvalue weighted by Crippen LogP contribution is 2.49. The Labute approximate surface area is 241 Å². The molecule has 0 bridgehead atoms. The monoisotopic (exact) mass is 584 g/mol. The SMILES string of the molecule is O=C(NC1CCC(CN2C(=O)C3(CN(c4cnn(CCO)c4)C3)c3ccccc32)CC1)c1cc(Cl)cnc1C(F)F. The lowest BCUT2D eigenvalue weighted by Gasteiger charge is -2.47. The largest absolute Gasteiger partial charge is 0.394 e. The number of para-hydroxylation sites is 1. The summed E-state index contributed by atoms with van der Waals surface area (Å²) < 4.78 is 28.4. The standard InChI is InChI=1S/C29H31ClF2N6O3/c30-19-11-22(25(26(31)32)33-12-19)27(40)35-20-7-5-18(6-8-20)14-38-24-4-2-1-3-23(24)29(28(38)41)16-36(17-29)21-13-34-37(15-21)9-10-39/h1-4,11-13,15,18,20,26,39H,5-10,14,16-17H2,(H,35,40). The Kier molecular flexibility index (Phi) is 7.41. The molecule has 2 fully saturated rings. The lowest BCUT2D eigenvalue weighted by Crippen LogP contribution is -2.64. The maximum atomic E-state index is 13.9. The molecule has 9 nitrogen and oxygen atoms in total. The molecule has 2 aromatic heterocycles. The van der Waals surface area contributed by atoms with Gasteiger partial charge in [0.2, 0.25) is 5.91 Å². The van der Waals surface area contributed by atoms with Crippen molar-refractivity contribution in [1.82, 2.24) is 20.1 Å². The summed E-state index contributed by atoms with van der Waals surface area (Å²) in [5, 5.41) is 16.5. The van der Waals surface area contributed by atoms with Gasteiger partial charge >= 0.3 is 0 Å². The summed E-state index contributed by atoms with van der Waals surface area (Å²) in [5.74, 6) is -0.227. The molecule has 41 heavy (non-hydrogen) atoms. The van der Waals surface area contributed by atoms with Crippen molar-refractivity contribution in [1.29, 1.82) is 0 Å². The number of aromatic nitrogens is 3. The normalized spacial score (nSPS) is 21.3. The molecule has 2 amide bonds. The Morgan fingerprint density at radius 1 is 1.17 bits per heavy atom. The van der Waals surface area contributed by atoms with Gasteiger partial charge in [-0.05, 0) is 49.3 Å². The molecule has 0 radical (unpaired) electrons. The van der Waals surface area contributed by atoms with Crippen LogP contribution >= 0.6 is 11.6 Å². The number of halogens is 3. The van der Waals surface area contributed by atoms with E-state index in [9.17, 15) is 23.5 Å². The van der Waals surface area contributed by atoms with Gasteiger partial charge in [0.1, 0.15) is 11.1 Å². The van der Waals surface area contributed by atoms with Gasteiger partial charge in [-0.3, -0.25) is 19.3 Å². The van der Waals surface area contributed by atoms with Gasteiger partial charge in [-0.15, -0.1) is 0 Å². The molecule has 1 aliphatic carbocycles. The fraction of sp³-hybridized carbons (Fsp3) is 0.448. The van der Waals surface area contributed by atoms with Crippen molar-refractivity contribution in [3.8, 4) is 0 Å². The van der Waals surface area contributed by atoms with Crippen LogP contribution in [0.25, 0.3) is 0 Å². The van der Waals surface area contributed by atoms with Crippen molar-refractivity contribution in [3.05, 3.63) is 70.8 Å². The fourth-order valence-corrected chi connectivity index (χ4v) is 6.59. The minimum Gasteiger partial charge on any atom is -0.394 e. The fourth-order valence-electron chi connectivity index (χ4n) is 6.43. The van der Waals surface area contributed by atoms with Gasteiger partial charge in [0.15, 0.2) is 0 Å². The van der Waals surface area contributed by atoms with E-state index in [1.165, 1.54) is 6.07 Å². The third-order valence-corrected chi connectivity index (χ3v) is 8.77. The quantitative estimate of drug-likeness (QED) is 0.416. The molecule has 3 aromatic rings. The van der Waals surface area contributed by atoms with Gasteiger partial charge in [-0.2, -0.15) is 5.10 Å². The van der Waals surface area contributed by atoms with Gasteiger partial charge in [0.25, 0.3) is 12.3 Å². The summed E-state index contributed by atoms with van der Waals surface area (Å²) in [7, 11) is 0. The van der Waals surface area contributed by atoms with Crippen molar-refractivity contribution in [3.63, 3.8) is 0 Å². The summed E-state index contributed by atoms with van der Waals surface area (Å²) in [6.45, 7) is 2.18. The Balaban J connectivity index is 1.08. The third-order valence-electron chi connectivity index (χ3n) is 8.56. The second-order valence-corrected chi connectivity index (χ2v) is 11.6. The molecule has 3 aliphatic rings. The predicted molar refractivity (Wildman–Crippen MR) is 149 cm³/mol. The van der Waals surface area contributed by atoms with Gasteiger partial charge in [-0.1, -0.05) is 29.8 Å². The number of hydrogen-bond donors (Lipinski definition) is 2. The molecular weight excluding hydrogens is 554 g/mol. The first-order valence-corrected chi connectivity index (χ1v) is 14.2. The highest BCUT2D eigenvalue weighted by Gasteiger charge is 2.58. The molecule has 216 valence electrons. The van der Waals surface area contributed by atoms with Crippen molar-refractivity contribution in [2.75, 3.05) is 36.0 Å². The lowest BCUT2D eigenvalue weighted by molar-refractivity contribution is -0.124. The van der Waals surface area contributed by atoms with E-state index in [1.807, 2.05) is 35.4 Å². The first-order chi connectivity index (χ1) is 19.8. The average Bonchev–Trinajstić information content (AvgIpc) is 3.49. The molecule has 1 aromatic carbocycles. The maximum absolute atomic E-state index is 13.9. The Hall–Kier alpha value is -3.57. The van der Waals surface area contributed by atoms with E-state index in [-0.39, 0.29) is 35.1 Å². The number of nitrogens with zero attached hydrogens (tertiary/aromatic N) is 5. The number of carbonyl (C=O) groups is 2. The third kappa shape index (κ3) is 5.05. The molecule has 1 spiro atoms. The summed E-state index contributed by atoms with van der Waals surface area (Å²) in [4.78, 5) is 34.4. The molecular formula is C29H31ClF2N6O3. The maximum Gasteiger partial charge on any atom is 0.281 e. The highest BCUT2D eigenvalue weighted by molar-refractivity contribution is 6.30. The highest BCUT2D eigenvalue weighted by atomic mass is 35.5. The van der Waals surface area contributed by atoms with E-state index in [0.717, 1.165) is 36.0 Å². The van der Waals surface area contributed by atoms with Gasteiger partial charge in [-0.25, -0.2) is 8.78 Å². The van der Waals surface area contributed by atoms with Gasteiger partial charge < -0.3 is 20.2 Å². The first kappa shape index (κ1) is 27.6. The smallest absolute Gasteiger partial charge is 0.281 e. The van der Waals surface area contributed by atoms with Crippen molar-refractivity contribution in [2.24, 2.45) is 5.92 Å². The molecule has 12 heteroatoms. The van der Waals surface area contributed by atoms with Crippen LogP contribution in [-0.2, 0) is 16.8 Å². The predicted octanol–water partition coefficient (Wildman–Crippen LogP) is 3.95. The van der Waals surface area contributed by atoms with E-state index in [0.29, 0.717) is 39.0 Å². The Morgan fingerprint density at radius 3 is 2.66 bits per heavy atom. The number of carbonyl (C=O) groups excluding carboxylic acids is 2. The average molecular weight is 585 g/mol. The van der Waals surface area contributed by atoms with Crippen LogP contribution < -0.4 is 15.1 Å². The van der Waals surface area contributed by atoms with Crippen LogP contribution in [-0.4, -0.2) is 64.0 Å². The number of aliphatic hydroxyl groups excluding tert-OH is 1. The Morgan fingerprint density at radius 2 is 1.93 bits per heavy atom. The van der Waals surface area contributed by atoms with Crippen LogP contribution in [0.2, 0.25) is 5.02 Å². The van der Waals surface area contributed by atoms with Crippen LogP contribution in [0.4, 0.5) is 20.2 Å². The number of alkyl halides is 2. The van der Waals surface area contributed by atoms with Crippen molar-refractivity contribution < 1.29 is 23.5 Å². The van der Waals surface area contributed by atoms with Crippen molar-refractivity contribution in [2.45, 2.75) is 50.1 Å². The summed E-state index contributed by atoms with van der Waals surface area (Å²) in [6.07, 6.45) is 4.87. The van der Waals surface area contributed by atoms with Crippen LogP contribution in [0.3, 0.4) is 0 Å². The number of amides is 2. The van der Waals surface area contributed by atoms with E-state index in [4.69, 9.17) is 11.6 Å². The topological polar surface area (TPSA) is 104 Å². The number of rotatable bonds is 8. The minimum atomic E-state index is -2.88. The zero-order valence-electron chi connectivity index (χ0n) is 22.3. The molecule has 1 saturated carbocycles. The van der Waals surface area contributed by atoms with E-state index < -0.39 is 23.4 Å².